The van der Waals surface area contributed by atoms with Crippen LogP contribution in [0.5, 0.6) is 0 Å². The van der Waals surface area contributed by atoms with Gasteiger partial charge in [-0.3, -0.25) is 4.79 Å². The third kappa shape index (κ3) is 42.6. The topological polar surface area (TPSA) is 307 Å². The van der Waals surface area contributed by atoms with E-state index >= 15 is 0 Å². The first-order valence-corrected chi connectivity index (χ1v) is 41.0. The zero-order chi connectivity index (χ0) is 73.2. The molecule has 3 aliphatic rings. The first kappa shape index (κ1) is 92.7. The molecular weight excluding hydrogens is 1290 g/mol. The lowest BCUT2D eigenvalue weighted by Gasteiger charge is -2.48. The molecule has 0 aromatic heterocycles. The van der Waals surface area contributed by atoms with E-state index < -0.39 is 124 Å². The van der Waals surface area contributed by atoms with E-state index in [1.165, 1.54) is 212 Å². The van der Waals surface area contributed by atoms with E-state index in [0.29, 0.717) is 12.8 Å². The summed E-state index contributed by atoms with van der Waals surface area (Å²) in [6.45, 7) is 1.73. The maximum atomic E-state index is 13.5. The van der Waals surface area contributed by atoms with E-state index in [1.807, 2.05) is 0 Å². The van der Waals surface area contributed by atoms with E-state index in [4.69, 9.17) is 28.4 Å². The number of ether oxygens (including phenoxy) is 6. The monoisotopic (exact) mass is 1440 g/mol. The maximum Gasteiger partial charge on any atom is 0.220 e. The van der Waals surface area contributed by atoms with E-state index in [1.54, 1.807) is 0 Å². The zero-order valence-electron chi connectivity index (χ0n) is 63.1. The Morgan fingerprint density at radius 1 is 0.366 bits per heavy atom. The SMILES string of the molecule is CC/C=C\C/C=C\C/C=C\C/C=C\C/C=C\CCCCCCCCCCCCCCCCCC(=O)NC(COC1OC(CO)C(OC2OC(CO)C(OC3OC(CO)C(O)C(O)C3O)C(O)C2O)C(O)C1O)C(O)CCCCCCCCCCCCCCCCCCCCCCCCCCC. The zero-order valence-corrected chi connectivity index (χ0v) is 63.1. The van der Waals surface area contributed by atoms with Gasteiger partial charge in [0.1, 0.15) is 73.2 Å². The van der Waals surface area contributed by atoms with Gasteiger partial charge in [0.25, 0.3) is 0 Å². The first-order chi connectivity index (χ1) is 49.3. The summed E-state index contributed by atoms with van der Waals surface area (Å²) in [5.41, 5.74) is 0. The minimum atomic E-state index is -1.97. The second kappa shape index (κ2) is 62.5. The largest absolute Gasteiger partial charge is 0.394 e. The molecule has 0 aromatic rings. The molecule has 19 nitrogen and oxygen atoms in total. The van der Waals surface area contributed by atoms with Crippen LogP contribution in [0.2, 0.25) is 0 Å². The average molecular weight is 1440 g/mol. The van der Waals surface area contributed by atoms with E-state index in [9.17, 15) is 61.0 Å². The number of carbonyl (C=O) groups excluding carboxylic acids is 1. The van der Waals surface area contributed by atoms with Gasteiger partial charge < -0.3 is 89.9 Å². The van der Waals surface area contributed by atoms with Crippen LogP contribution in [0.3, 0.4) is 0 Å². The molecule has 0 saturated carbocycles. The Labute approximate surface area is 611 Å². The van der Waals surface area contributed by atoms with Crippen LogP contribution in [-0.4, -0.2) is 193 Å². The summed E-state index contributed by atoms with van der Waals surface area (Å²) in [5, 5.41) is 121. The van der Waals surface area contributed by atoms with Crippen LogP contribution in [0, 0.1) is 0 Å². The summed E-state index contributed by atoms with van der Waals surface area (Å²) in [6, 6.07) is -0.891. The fourth-order valence-corrected chi connectivity index (χ4v) is 13.8. The molecule has 3 rings (SSSR count). The molecule has 12 N–H and O–H groups in total. The molecule has 0 radical (unpaired) electrons. The molecule has 0 bridgehead atoms. The number of unbranched alkanes of at least 4 members (excludes halogenated alkanes) is 39. The highest BCUT2D eigenvalue weighted by Crippen LogP contribution is 2.33. The van der Waals surface area contributed by atoms with Crippen LogP contribution in [0.1, 0.15) is 322 Å². The quantitative estimate of drug-likeness (QED) is 0.0199. The summed E-state index contributed by atoms with van der Waals surface area (Å²) in [7, 11) is 0. The Bertz CT molecular complexity index is 2060. The normalized spacial score (nSPS) is 26.6. The van der Waals surface area contributed by atoms with Crippen molar-refractivity contribution in [2.75, 3.05) is 26.4 Å². The predicted molar refractivity (Wildman–Crippen MR) is 402 cm³/mol. The van der Waals surface area contributed by atoms with Crippen LogP contribution >= 0.6 is 0 Å². The summed E-state index contributed by atoms with van der Waals surface area (Å²) in [4.78, 5) is 13.5. The van der Waals surface area contributed by atoms with Crippen molar-refractivity contribution in [3.05, 3.63) is 60.8 Å². The van der Waals surface area contributed by atoms with Crippen molar-refractivity contribution < 1.29 is 89.4 Å². The van der Waals surface area contributed by atoms with E-state index in [0.717, 1.165) is 77.0 Å². The van der Waals surface area contributed by atoms with Crippen molar-refractivity contribution in [3.8, 4) is 0 Å². The highest BCUT2D eigenvalue weighted by Gasteiger charge is 2.54. The second-order valence-electron chi connectivity index (χ2n) is 29.2. The van der Waals surface area contributed by atoms with E-state index in [2.05, 4.69) is 79.9 Å². The predicted octanol–water partition coefficient (Wildman–Crippen LogP) is 13.8. The highest BCUT2D eigenvalue weighted by atomic mass is 16.8. The Morgan fingerprint density at radius 3 is 1.07 bits per heavy atom. The van der Waals surface area contributed by atoms with Crippen LogP contribution in [-0.2, 0) is 33.2 Å². The molecule has 3 fully saturated rings. The van der Waals surface area contributed by atoms with Crippen molar-refractivity contribution in [1.82, 2.24) is 5.32 Å². The summed E-state index contributed by atoms with van der Waals surface area (Å²) < 4.78 is 34.5. The fourth-order valence-electron chi connectivity index (χ4n) is 13.8. The average Bonchev–Trinajstić information content (AvgIpc) is 0.792. The molecule has 0 aromatic carbocycles. The van der Waals surface area contributed by atoms with Gasteiger partial charge in [-0.15, -0.1) is 0 Å². The number of rotatable bonds is 65. The molecule has 17 unspecified atom stereocenters. The molecule has 19 heteroatoms. The van der Waals surface area contributed by atoms with Gasteiger partial charge in [0.2, 0.25) is 5.91 Å². The number of carbonyl (C=O) groups is 1. The number of nitrogens with one attached hydrogen (secondary N) is 1. The Morgan fingerprint density at radius 2 is 0.683 bits per heavy atom. The van der Waals surface area contributed by atoms with Crippen LogP contribution in [0.25, 0.3) is 0 Å². The van der Waals surface area contributed by atoms with Crippen LogP contribution in [0.4, 0.5) is 0 Å². The molecule has 1 amide bonds. The molecule has 0 aliphatic carbocycles. The van der Waals surface area contributed by atoms with Crippen LogP contribution < -0.4 is 5.32 Å². The van der Waals surface area contributed by atoms with Gasteiger partial charge in [-0.1, -0.05) is 319 Å². The standard InChI is InChI=1S/C82H149NO18/c1-3-5-7-9-11-13-15-17-19-21-23-25-27-29-30-31-32-33-34-36-38-40-42-44-46-48-50-52-54-56-58-60-70(88)83-65(66(87)59-57-55-53-51-49-47-45-43-41-39-37-35-28-26-24-22-20-18-16-14-12-10-8-6-4-2)64-96-80-76(94)73(91)78(68(62-85)98-80)101-82-77(95)74(92)79(69(63-86)99-82)100-81-75(93)72(90)71(89)67(61-84)97-81/h5,7,11,13,17,19,23,25,29-30,65-69,71-82,84-87,89-95H,3-4,6,8-10,12,14-16,18,20-22,24,26-28,31-64H2,1-2H3,(H,83,88)/b7-5-,13-11-,19-17-,25-23-,30-29-. The number of amides is 1. The summed E-state index contributed by atoms with van der Waals surface area (Å²) in [6.07, 6.45) is 53.0. The Kier molecular flexibility index (Phi) is 57.4. The van der Waals surface area contributed by atoms with Gasteiger partial charge in [0, 0.05) is 6.42 Å². The van der Waals surface area contributed by atoms with Crippen LogP contribution in [0.15, 0.2) is 60.8 Å². The van der Waals surface area contributed by atoms with Gasteiger partial charge in [-0.2, -0.15) is 0 Å². The Hall–Kier alpha value is -2.51. The molecule has 3 aliphatic heterocycles. The Balaban J connectivity index is 1.36. The minimum Gasteiger partial charge on any atom is -0.394 e. The van der Waals surface area contributed by atoms with Gasteiger partial charge in [0.05, 0.1) is 38.6 Å². The lowest BCUT2D eigenvalue weighted by atomic mass is 9.96. The third-order valence-electron chi connectivity index (χ3n) is 20.4. The van der Waals surface area contributed by atoms with Gasteiger partial charge in [0.15, 0.2) is 18.9 Å². The first-order valence-electron chi connectivity index (χ1n) is 41.0. The smallest absolute Gasteiger partial charge is 0.220 e. The lowest BCUT2D eigenvalue weighted by molar-refractivity contribution is -0.379. The fraction of sp³-hybridized carbons (Fsp3) is 0.866. The molecule has 3 heterocycles. The molecular formula is C82H149NO18. The molecule has 101 heavy (non-hydrogen) atoms. The van der Waals surface area contributed by atoms with Crippen molar-refractivity contribution in [1.29, 1.82) is 0 Å². The van der Waals surface area contributed by atoms with Crippen molar-refractivity contribution in [2.24, 2.45) is 0 Å². The van der Waals surface area contributed by atoms with Crippen molar-refractivity contribution >= 4 is 5.91 Å². The summed E-state index contributed by atoms with van der Waals surface area (Å²) in [5.74, 6) is -0.240. The van der Waals surface area contributed by atoms with Crippen molar-refractivity contribution in [3.63, 3.8) is 0 Å². The van der Waals surface area contributed by atoms with E-state index in [-0.39, 0.29) is 18.9 Å². The number of aliphatic hydroxyl groups is 11. The minimum absolute atomic E-state index is 0.240. The maximum absolute atomic E-state index is 13.5. The number of allylic oxidation sites excluding steroid dienone is 10. The second-order valence-corrected chi connectivity index (χ2v) is 29.2. The summed E-state index contributed by atoms with van der Waals surface area (Å²) >= 11 is 0. The molecule has 17 atom stereocenters. The van der Waals surface area contributed by atoms with Gasteiger partial charge >= 0.3 is 0 Å². The van der Waals surface area contributed by atoms with Gasteiger partial charge in [-0.25, -0.2) is 0 Å². The van der Waals surface area contributed by atoms with Crippen molar-refractivity contribution in [2.45, 2.75) is 426 Å². The molecule has 590 valence electrons. The van der Waals surface area contributed by atoms with Gasteiger partial charge in [-0.05, 0) is 57.8 Å². The highest BCUT2D eigenvalue weighted by molar-refractivity contribution is 5.76. The number of hydrogen-bond donors (Lipinski definition) is 12. The molecule has 3 saturated heterocycles. The number of aliphatic hydroxyl groups excluding tert-OH is 11. The third-order valence-corrected chi connectivity index (χ3v) is 20.4. The number of hydrogen-bond acceptors (Lipinski definition) is 18. The lowest BCUT2D eigenvalue weighted by Crippen LogP contribution is -2.66. The molecule has 0 spiro atoms.